The van der Waals surface area contributed by atoms with Gasteiger partial charge in [-0.15, -0.1) is 0 Å². The van der Waals surface area contributed by atoms with E-state index in [1.807, 2.05) is 0 Å². The molecule has 0 aromatic heterocycles. The molecule has 0 heterocycles. The van der Waals surface area contributed by atoms with Crippen LogP contribution >= 0.6 is 0 Å². The monoisotopic (exact) mass is 532 g/mol. The zero-order valence-corrected chi connectivity index (χ0v) is 26.0. The number of amides is 1. The predicted octanol–water partition coefficient (Wildman–Crippen LogP) is 12.3. The molecule has 0 aliphatic rings. The molecule has 38 heavy (non-hydrogen) atoms. The molecular formula is C36H69NO. The molecule has 0 aliphatic heterocycles. The quantitative estimate of drug-likeness (QED) is 0.0680. The van der Waals surface area contributed by atoms with Crippen LogP contribution in [0.2, 0.25) is 0 Å². The Bertz CT molecular complexity index is 509. The zero-order chi connectivity index (χ0) is 27.6. The highest BCUT2D eigenvalue weighted by Gasteiger charge is 1.96. The van der Waals surface area contributed by atoms with Gasteiger partial charge < -0.3 is 5.73 Å². The van der Waals surface area contributed by atoms with Crippen LogP contribution in [0.5, 0.6) is 0 Å². The summed E-state index contributed by atoms with van der Waals surface area (Å²) in [5.74, 6) is -0.160. The summed E-state index contributed by atoms with van der Waals surface area (Å²) in [6.45, 7) is 2.29. The number of nitrogens with two attached hydrogens (primary N) is 1. The van der Waals surface area contributed by atoms with Crippen LogP contribution in [0.25, 0.3) is 0 Å². The molecule has 0 unspecified atom stereocenters. The van der Waals surface area contributed by atoms with Crippen molar-refractivity contribution in [2.75, 3.05) is 0 Å². The average molecular weight is 532 g/mol. The van der Waals surface area contributed by atoms with Crippen molar-refractivity contribution in [1.29, 1.82) is 0 Å². The Morgan fingerprint density at radius 2 is 0.632 bits per heavy atom. The van der Waals surface area contributed by atoms with E-state index >= 15 is 0 Å². The van der Waals surface area contributed by atoms with Gasteiger partial charge in [0.1, 0.15) is 0 Å². The summed E-state index contributed by atoms with van der Waals surface area (Å²) < 4.78 is 0. The first kappa shape index (κ1) is 37.0. The normalized spacial score (nSPS) is 11.8. The summed E-state index contributed by atoms with van der Waals surface area (Å²) in [6, 6.07) is 0. The Labute approximate surface area is 240 Å². The highest BCUT2D eigenvalue weighted by atomic mass is 16.1. The lowest BCUT2D eigenvalue weighted by Gasteiger charge is -2.03. The average Bonchev–Trinajstić information content (AvgIpc) is 2.91. The number of rotatable bonds is 32. The number of primary amides is 1. The van der Waals surface area contributed by atoms with E-state index in [-0.39, 0.29) is 5.91 Å². The van der Waals surface area contributed by atoms with Crippen molar-refractivity contribution in [2.24, 2.45) is 5.73 Å². The Morgan fingerprint density at radius 3 is 0.895 bits per heavy atom. The molecule has 0 saturated carbocycles. The summed E-state index contributed by atoms with van der Waals surface area (Å²) in [5, 5.41) is 0. The lowest BCUT2D eigenvalue weighted by atomic mass is 10.0. The van der Waals surface area contributed by atoms with Crippen LogP contribution in [0.15, 0.2) is 24.3 Å². The lowest BCUT2D eigenvalue weighted by Crippen LogP contribution is -2.09. The second-order valence-electron chi connectivity index (χ2n) is 11.8. The van der Waals surface area contributed by atoms with Crippen LogP contribution < -0.4 is 5.73 Å². The molecule has 0 aromatic rings. The molecule has 0 aliphatic carbocycles. The zero-order valence-electron chi connectivity index (χ0n) is 26.0. The van der Waals surface area contributed by atoms with E-state index in [1.165, 1.54) is 173 Å². The van der Waals surface area contributed by atoms with Gasteiger partial charge in [0.25, 0.3) is 0 Å². The van der Waals surface area contributed by atoms with Gasteiger partial charge in [-0.3, -0.25) is 4.79 Å². The van der Waals surface area contributed by atoms with Crippen LogP contribution in [0, 0.1) is 0 Å². The highest BCUT2D eigenvalue weighted by molar-refractivity contribution is 5.73. The van der Waals surface area contributed by atoms with E-state index in [0.717, 1.165) is 12.8 Å². The topological polar surface area (TPSA) is 43.1 Å². The van der Waals surface area contributed by atoms with Gasteiger partial charge >= 0.3 is 0 Å². The van der Waals surface area contributed by atoms with Crippen molar-refractivity contribution in [3.8, 4) is 0 Å². The molecule has 0 bridgehead atoms. The van der Waals surface area contributed by atoms with E-state index in [9.17, 15) is 4.79 Å². The predicted molar refractivity (Wildman–Crippen MR) is 172 cm³/mol. The van der Waals surface area contributed by atoms with Gasteiger partial charge in [-0.1, -0.05) is 160 Å². The molecule has 224 valence electrons. The number of hydrogen-bond donors (Lipinski definition) is 1. The molecule has 2 N–H and O–H groups in total. The molecular weight excluding hydrogens is 462 g/mol. The molecule has 0 rings (SSSR count). The van der Waals surface area contributed by atoms with E-state index in [2.05, 4.69) is 31.2 Å². The van der Waals surface area contributed by atoms with E-state index < -0.39 is 0 Å². The minimum Gasteiger partial charge on any atom is -0.370 e. The van der Waals surface area contributed by atoms with Gasteiger partial charge in [-0.25, -0.2) is 0 Å². The molecule has 2 heteroatoms. The number of unbranched alkanes of at least 4 members (excludes halogenated alkanes) is 26. The molecule has 0 radical (unpaired) electrons. The fourth-order valence-electron chi connectivity index (χ4n) is 5.25. The molecule has 0 fully saturated rings. The molecule has 0 spiro atoms. The van der Waals surface area contributed by atoms with Crippen molar-refractivity contribution < 1.29 is 4.79 Å². The van der Waals surface area contributed by atoms with Crippen molar-refractivity contribution >= 4 is 5.91 Å². The summed E-state index contributed by atoms with van der Waals surface area (Å²) in [6.07, 6.45) is 49.7. The van der Waals surface area contributed by atoms with Crippen LogP contribution in [0.4, 0.5) is 0 Å². The first-order chi connectivity index (χ1) is 18.8. The Balaban J connectivity index is 3.12. The summed E-state index contributed by atoms with van der Waals surface area (Å²) in [4.78, 5) is 10.7. The first-order valence-corrected chi connectivity index (χ1v) is 17.4. The van der Waals surface area contributed by atoms with Gasteiger partial charge in [0.2, 0.25) is 5.91 Å². The van der Waals surface area contributed by atoms with Crippen molar-refractivity contribution in [3.63, 3.8) is 0 Å². The molecule has 0 aromatic carbocycles. The Morgan fingerprint density at radius 1 is 0.395 bits per heavy atom. The van der Waals surface area contributed by atoms with Crippen molar-refractivity contribution in [1.82, 2.24) is 0 Å². The maximum absolute atomic E-state index is 10.7. The van der Waals surface area contributed by atoms with Gasteiger partial charge in [0.05, 0.1) is 0 Å². The van der Waals surface area contributed by atoms with Gasteiger partial charge in [0, 0.05) is 6.42 Å². The van der Waals surface area contributed by atoms with E-state index in [4.69, 9.17) is 5.73 Å². The third-order valence-electron chi connectivity index (χ3n) is 7.84. The molecule has 1 amide bonds. The Hall–Kier alpha value is -1.05. The minimum absolute atomic E-state index is 0.160. The number of carbonyl (C=O) groups excluding carboxylic acids is 1. The van der Waals surface area contributed by atoms with Crippen LogP contribution in [-0.2, 0) is 4.79 Å². The number of carbonyl (C=O) groups is 1. The smallest absolute Gasteiger partial charge is 0.217 e. The molecule has 0 saturated heterocycles. The summed E-state index contributed by atoms with van der Waals surface area (Å²) >= 11 is 0. The van der Waals surface area contributed by atoms with Crippen molar-refractivity contribution in [2.45, 2.75) is 200 Å². The van der Waals surface area contributed by atoms with E-state index in [0.29, 0.717) is 6.42 Å². The van der Waals surface area contributed by atoms with Gasteiger partial charge in [-0.05, 0) is 57.8 Å². The lowest BCUT2D eigenvalue weighted by molar-refractivity contribution is -0.118. The fourth-order valence-corrected chi connectivity index (χ4v) is 5.25. The SMILES string of the molecule is CCCCCCCC/C=C\CCCCCCCCCCCCCCCC/C=C\CCCCCCCC(N)=O. The second-order valence-corrected chi connectivity index (χ2v) is 11.8. The third-order valence-corrected chi connectivity index (χ3v) is 7.84. The van der Waals surface area contributed by atoms with Crippen LogP contribution in [-0.4, -0.2) is 5.91 Å². The van der Waals surface area contributed by atoms with Gasteiger partial charge in [-0.2, -0.15) is 0 Å². The number of allylic oxidation sites excluding steroid dienone is 4. The van der Waals surface area contributed by atoms with Gasteiger partial charge in [0.15, 0.2) is 0 Å². The van der Waals surface area contributed by atoms with Crippen LogP contribution in [0.3, 0.4) is 0 Å². The highest BCUT2D eigenvalue weighted by Crippen LogP contribution is 2.14. The summed E-state index contributed by atoms with van der Waals surface area (Å²) in [5.41, 5.74) is 5.16. The Kier molecular flexibility index (Phi) is 33.0. The van der Waals surface area contributed by atoms with Crippen molar-refractivity contribution in [3.05, 3.63) is 24.3 Å². The number of hydrogen-bond acceptors (Lipinski definition) is 1. The minimum atomic E-state index is -0.160. The summed E-state index contributed by atoms with van der Waals surface area (Å²) in [7, 11) is 0. The first-order valence-electron chi connectivity index (χ1n) is 17.4. The standard InChI is InChI=1S/C36H69NO/c1-2-3-4-5-6-7-8-9-10-11-12-13-14-15-16-17-18-19-20-21-22-23-24-25-26-27-28-29-30-31-32-33-34-35-36(37)38/h9-10,27-28H,2-8,11-26,29-35H2,1H3,(H2,37,38)/b10-9-,28-27-. The second kappa shape index (κ2) is 34.0. The molecule has 2 nitrogen and oxygen atoms in total. The maximum atomic E-state index is 10.7. The molecule has 0 atom stereocenters. The van der Waals surface area contributed by atoms with Crippen LogP contribution in [0.1, 0.15) is 200 Å². The maximum Gasteiger partial charge on any atom is 0.217 e. The fraction of sp³-hybridized carbons (Fsp3) is 0.861. The van der Waals surface area contributed by atoms with E-state index in [1.54, 1.807) is 0 Å². The largest absolute Gasteiger partial charge is 0.370 e. The third kappa shape index (κ3) is 35.0.